The standard InChI is InChI=1S/C20H15F5N2O6S/c21-19(22,23)17-15-8-7-14(32-10-11-1-2-11)9-16(15)26-27(17)12-3-5-13(6-4-12)33-34(30,31)20(24,25)18(28)29/h3-9,11H,1-2,10H2,(H,28,29)/p-1. The van der Waals surface area contributed by atoms with Crippen LogP contribution in [0.2, 0.25) is 0 Å². The van der Waals surface area contributed by atoms with Crippen LogP contribution in [-0.4, -0.2) is 36.0 Å². The molecule has 1 saturated carbocycles. The Bertz CT molecular complexity index is 1350. The summed E-state index contributed by atoms with van der Waals surface area (Å²) in [5.41, 5.74) is -1.33. The van der Waals surface area contributed by atoms with Gasteiger partial charge in [0, 0.05) is 11.5 Å². The van der Waals surface area contributed by atoms with Crippen molar-refractivity contribution in [3.8, 4) is 17.2 Å². The van der Waals surface area contributed by atoms with Crippen molar-refractivity contribution >= 4 is 27.0 Å². The number of ether oxygens (including phenoxy) is 1. The van der Waals surface area contributed by atoms with Gasteiger partial charge in [-0.3, -0.25) is 0 Å². The van der Waals surface area contributed by atoms with E-state index in [1.54, 1.807) is 0 Å². The Morgan fingerprint density at radius 1 is 1.06 bits per heavy atom. The minimum atomic E-state index is -5.97. The molecule has 0 atom stereocenters. The van der Waals surface area contributed by atoms with Crippen LogP contribution in [0.1, 0.15) is 18.5 Å². The lowest BCUT2D eigenvalue weighted by atomic mass is 10.2. The first-order valence-corrected chi connectivity index (χ1v) is 11.1. The molecule has 1 aromatic heterocycles. The van der Waals surface area contributed by atoms with E-state index in [4.69, 9.17) is 4.74 Å². The van der Waals surface area contributed by atoms with Crippen molar-refractivity contribution in [2.45, 2.75) is 24.3 Å². The normalized spacial score (nSPS) is 14.9. The van der Waals surface area contributed by atoms with Crippen LogP contribution in [-0.2, 0) is 21.1 Å². The fourth-order valence-electron chi connectivity index (χ4n) is 3.04. The summed E-state index contributed by atoms with van der Waals surface area (Å²) in [5.74, 6) is -3.18. The molecule has 14 heteroatoms. The van der Waals surface area contributed by atoms with Crippen molar-refractivity contribution in [1.29, 1.82) is 0 Å². The third kappa shape index (κ3) is 4.49. The number of rotatable bonds is 8. The van der Waals surface area contributed by atoms with Crippen LogP contribution in [0.3, 0.4) is 0 Å². The van der Waals surface area contributed by atoms with Crippen LogP contribution in [0, 0.1) is 5.92 Å². The average Bonchev–Trinajstić information content (AvgIpc) is 3.49. The number of benzene rings is 2. The van der Waals surface area contributed by atoms with Crippen molar-refractivity contribution in [3.05, 3.63) is 48.2 Å². The Morgan fingerprint density at radius 3 is 2.24 bits per heavy atom. The molecular formula is C20H14F5N2O6S-. The summed E-state index contributed by atoms with van der Waals surface area (Å²) in [6, 6.07) is 7.39. The number of carbonyl (C=O) groups excluding carboxylic acids is 1. The molecule has 0 spiro atoms. The van der Waals surface area contributed by atoms with E-state index in [0.717, 1.165) is 37.1 Å². The van der Waals surface area contributed by atoms with Crippen LogP contribution >= 0.6 is 0 Å². The summed E-state index contributed by atoms with van der Waals surface area (Å²) >= 11 is 0. The van der Waals surface area contributed by atoms with Crippen LogP contribution in [0.25, 0.3) is 16.6 Å². The number of aliphatic carboxylic acids is 1. The first-order chi connectivity index (χ1) is 15.8. The summed E-state index contributed by atoms with van der Waals surface area (Å²) in [5, 5.41) is 8.78. The molecule has 0 saturated heterocycles. The Balaban J connectivity index is 1.67. The quantitative estimate of drug-likeness (QED) is 0.342. The van der Waals surface area contributed by atoms with Gasteiger partial charge in [-0.15, -0.1) is 0 Å². The second kappa shape index (κ2) is 8.11. The molecule has 34 heavy (non-hydrogen) atoms. The zero-order chi connectivity index (χ0) is 24.9. The van der Waals surface area contributed by atoms with Gasteiger partial charge in [-0.2, -0.15) is 35.5 Å². The van der Waals surface area contributed by atoms with E-state index < -0.39 is 39.0 Å². The molecule has 4 rings (SSSR count). The van der Waals surface area contributed by atoms with E-state index >= 15 is 0 Å². The minimum Gasteiger partial charge on any atom is -0.543 e. The Hall–Kier alpha value is -3.42. The first kappa shape index (κ1) is 23.7. The number of fused-ring (bicyclic) bond motifs is 1. The van der Waals surface area contributed by atoms with Crippen LogP contribution in [0.5, 0.6) is 11.5 Å². The first-order valence-electron chi connectivity index (χ1n) is 9.66. The van der Waals surface area contributed by atoms with Gasteiger partial charge in [-0.05, 0) is 55.2 Å². The molecule has 1 aliphatic carbocycles. The molecule has 2 aromatic carbocycles. The SMILES string of the molecule is O=C([O-])C(F)(F)S(=O)(=O)Oc1ccc(-n2nc3cc(OCC4CC4)ccc3c2C(F)(F)F)cc1. The van der Waals surface area contributed by atoms with Crippen LogP contribution in [0.15, 0.2) is 42.5 Å². The maximum Gasteiger partial charge on any atom is 0.434 e. The van der Waals surface area contributed by atoms with Crippen molar-refractivity contribution < 1.29 is 49.2 Å². The third-order valence-corrected chi connectivity index (χ3v) is 6.14. The highest BCUT2D eigenvalue weighted by Crippen LogP contribution is 2.38. The number of aromatic nitrogens is 2. The number of alkyl halides is 5. The Kier molecular flexibility index (Phi) is 5.66. The largest absolute Gasteiger partial charge is 0.543 e. The van der Waals surface area contributed by atoms with Gasteiger partial charge in [0.2, 0.25) is 0 Å². The number of nitrogens with zero attached hydrogens (tertiary/aromatic N) is 2. The molecular weight excluding hydrogens is 491 g/mol. The maximum absolute atomic E-state index is 13.8. The second-order valence-electron chi connectivity index (χ2n) is 7.53. The van der Waals surface area contributed by atoms with Crippen LogP contribution in [0.4, 0.5) is 22.0 Å². The zero-order valence-corrected chi connectivity index (χ0v) is 17.7. The lowest BCUT2D eigenvalue weighted by molar-refractivity contribution is -0.321. The van der Waals surface area contributed by atoms with E-state index in [0.29, 0.717) is 23.0 Å². The Morgan fingerprint density at radius 2 is 1.68 bits per heavy atom. The van der Waals surface area contributed by atoms with Crippen molar-refractivity contribution in [3.63, 3.8) is 0 Å². The molecule has 0 amide bonds. The molecule has 1 fully saturated rings. The zero-order valence-electron chi connectivity index (χ0n) is 16.9. The summed E-state index contributed by atoms with van der Waals surface area (Å²) in [6.07, 6.45) is -2.78. The molecule has 0 N–H and O–H groups in total. The van der Waals surface area contributed by atoms with E-state index in [1.807, 2.05) is 0 Å². The highest BCUT2D eigenvalue weighted by molar-refractivity contribution is 7.88. The van der Waals surface area contributed by atoms with Crippen molar-refractivity contribution in [2.24, 2.45) is 5.92 Å². The minimum absolute atomic E-state index is 0.0165. The summed E-state index contributed by atoms with van der Waals surface area (Å²) in [7, 11) is -5.97. The van der Waals surface area contributed by atoms with E-state index in [9.17, 15) is 40.3 Å². The van der Waals surface area contributed by atoms with Gasteiger partial charge in [0.15, 0.2) is 5.69 Å². The fourth-order valence-corrected chi connectivity index (χ4v) is 3.71. The lowest BCUT2D eigenvalue weighted by Gasteiger charge is -2.17. The molecule has 1 heterocycles. The number of carboxylic acid groups (broad SMARTS) is 1. The van der Waals surface area contributed by atoms with E-state index in [1.165, 1.54) is 18.2 Å². The highest BCUT2D eigenvalue weighted by atomic mass is 32.2. The highest BCUT2D eigenvalue weighted by Gasteiger charge is 2.49. The van der Waals surface area contributed by atoms with Gasteiger partial charge in [0.1, 0.15) is 17.5 Å². The lowest BCUT2D eigenvalue weighted by Crippen LogP contribution is -2.48. The molecule has 0 radical (unpaired) electrons. The van der Waals surface area contributed by atoms with Gasteiger partial charge in [-0.25, -0.2) is 4.68 Å². The van der Waals surface area contributed by atoms with Gasteiger partial charge >= 0.3 is 21.5 Å². The van der Waals surface area contributed by atoms with E-state index in [-0.39, 0.29) is 16.6 Å². The predicted molar refractivity (Wildman–Crippen MR) is 104 cm³/mol. The summed E-state index contributed by atoms with van der Waals surface area (Å²) < 4.78 is 101. The summed E-state index contributed by atoms with van der Waals surface area (Å²) in [6.45, 7) is 0.444. The second-order valence-corrected chi connectivity index (χ2v) is 9.11. The molecule has 0 unspecified atom stereocenters. The predicted octanol–water partition coefficient (Wildman–Crippen LogP) is 2.88. The fraction of sp³-hybridized carbons (Fsp3) is 0.300. The van der Waals surface area contributed by atoms with Crippen LogP contribution < -0.4 is 14.0 Å². The maximum atomic E-state index is 13.8. The van der Waals surface area contributed by atoms with Gasteiger partial charge in [0.25, 0.3) is 0 Å². The molecule has 182 valence electrons. The van der Waals surface area contributed by atoms with Crippen molar-refractivity contribution in [1.82, 2.24) is 9.78 Å². The van der Waals surface area contributed by atoms with Crippen molar-refractivity contribution in [2.75, 3.05) is 6.61 Å². The van der Waals surface area contributed by atoms with Gasteiger partial charge in [0.05, 0.1) is 17.8 Å². The number of hydrogen-bond acceptors (Lipinski definition) is 7. The molecule has 8 nitrogen and oxygen atoms in total. The number of carbonyl (C=O) groups is 1. The smallest absolute Gasteiger partial charge is 0.434 e. The number of carboxylic acids is 1. The third-order valence-electron chi connectivity index (χ3n) is 4.93. The topological polar surface area (TPSA) is 111 Å². The molecule has 0 bridgehead atoms. The van der Waals surface area contributed by atoms with Gasteiger partial charge < -0.3 is 18.8 Å². The number of hydrogen-bond donors (Lipinski definition) is 0. The summed E-state index contributed by atoms with van der Waals surface area (Å²) in [4.78, 5) is 10.4. The monoisotopic (exact) mass is 505 g/mol. The molecule has 0 aliphatic heterocycles. The van der Waals surface area contributed by atoms with E-state index in [2.05, 4.69) is 9.28 Å². The van der Waals surface area contributed by atoms with Gasteiger partial charge in [-0.1, -0.05) is 0 Å². The molecule has 3 aromatic rings. The average molecular weight is 505 g/mol. The molecule has 1 aliphatic rings. The number of halogens is 5. The Labute approximate surface area is 188 Å².